The maximum atomic E-state index is 12.0. The van der Waals surface area contributed by atoms with Crippen molar-refractivity contribution < 1.29 is 9.90 Å². The molecule has 2 N–H and O–H groups in total. The largest absolute Gasteiger partial charge is 0.393 e. The molecule has 0 aliphatic heterocycles. The van der Waals surface area contributed by atoms with Gasteiger partial charge in [0.15, 0.2) is 0 Å². The highest BCUT2D eigenvalue weighted by atomic mass is 16.3. The summed E-state index contributed by atoms with van der Waals surface area (Å²) < 4.78 is 0. The fourth-order valence-electron chi connectivity index (χ4n) is 3.75. The number of aliphatic hydroxyl groups excluding tert-OH is 1. The summed E-state index contributed by atoms with van der Waals surface area (Å²) in [6.07, 6.45) is 19.2. The van der Waals surface area contributed by atoms with Crippen LogP contribution in [0.25, 0.3) is 0 Å². The van der Waals surface area contributed by atoms with Crippen molar-refractivity contribution in [3.8, 4) is 0 Å². The number of carbonyl (C=O) groups is 1. The first kappa shape index (κ1) is 26.4. The summed E-state index contributed by atoms with van der Waals surface area (Å²) >= 11 is 0. The molecule has 0 spiro atoms. The van der Waals surface area contributed by atoms with E-state index in [-0.39, 0.29) is 12.0 Å². The number of rotatable bonds is 20. The van der Waals surface area contributed by atoms with E-state index in [2.05, 4.69) is 26.1 Å². The van der Waals surface area contributed by atoms with Crippen LogP contribution < -0.4 is 5.32 Å². The summed E-state index contributed by atoms with van der Waals surface area (Å²) in [5.41, 5.74) is 0. The van der Waals surface area contributed by atoms with E-state index in [0.29, 0.717) is 6.42 Å². The monoisotopic (exact) mass is 383 g/mol. The highest BCUT2D eigenvalue weighted by Gasteiger charge is 2.09. The Bertz CT molecular complexity index is 312. The van der Waals surface area contributed by atoms with Gasteiger partial charge in [0.25, 0.3) is 0 Å². The molecule has 0 heterocycles. The van der Waals surface area contributed by atoms with Crippen LogP contribution in [0.3, 0.4) is 0 Å². The topological polar surface area (TPSA) is 49.3 Å². The lowest BCUT2D eigenvalue weighted by molar-refractivity contribution is -0.121. The maximum Gasteiger partial charge on any atom is 0.219 e. The average molecular weight is 384 g/mol. The molecule has 1 atom stereocenters. The molecule has 0 saturated heterocycles. The SMILES string of the molecule is CCCCCCCC(O)CCCC(=O)NCCCC(CCCC)CCCC. The molecule has 3 nitrogen and oxygen atoms in total. The van der Waals surface area contributed by atoms with Gasteiger partial charge < -0.3 is 10.4 Å². The van der Waals surface area contributed by atoms with Crippen LogP contribution in [0.15, 0.2) is 0 Å². The van der Waals surface area contributed by atoms with Gasteiger partial charge in [-0.2, -0.15) is 0 Å². The molecule has 1 amide bonds. The minimum absolute atomic E-state index is 0.156. The molecule has 0 saturated carbocycles. The van der Waals surface area contributed by atoms with Gasteiger partial charge in [-0.15, -0.1) is 0 Å². The Morgan fingerprint density at radius 1 is 0.704 bits per heavy atom. The lowest BCUT2D eigenvalue weighted by atomic mass is 9.91. The van der Waals surface area contributed by atoms with Crippen molar-refractivity contribution in [1.82, 2.24) is 5.32 Å². The predicted octanol–water partition coefficient (Wildman–Crippen LogP) is 6.77. The summed E-state index contributed by atoms with van der Waals surface area (Å²) in [5.74, 6) is 0.998. The minimum atomic E-state index is -0.225. The van der Waals surface area contributed by atoms with E-state index in [0.717, 1.165) is 44.6 Å². The van der Waals surface area contributed by atoms with E-state index in [1.54, 1.807) is 0 Å². The van der Waals surface area contributed by atoms with Crippen molar-refractivity contribution in [2.24, 2.45) is 5.92 Å². The average Bonchev–Trinajstić information content (AvgIpc) is 2.66. The number of carbonyl (C=O) groups excluding carboxylic acids is 1. The van der Waals surface area contributed by atoms with Gasteiger partial charge in [-0.3, -0.25) is 4.79 Å². The second kappa shape index (κ2) is 20.2. The standard InChI is InChI=1S/C24H49NO2/c1-4-7-10-11-12-18-23(26)19-13-20-24(27)25-21-14-17-22(15-8-5-2)16-9-6-3/h22-23,26H,4-21H2,1-3H3,(H,25,27). The molecule has 0 aromatic carbocycles. The Morgan fingerprint density at radius 2 is 1.26 bits per heavy atom. The van der Waals surface area contributed by atoms with Gasteiger partial charge in [0.1, 0.15) is 0 Å². The van der Waals surface area contributed by atoms with Crippen LogP contribution in [-0.2, 0) is 4.79 Å². The molecule has 0 radical (unpaired) electrons. The summed E-state index contributed by atoms with van der Waals surface area (Å²) in [5, 5.41) is 13.1. The van der Waals surface area contributed by atoms with E-state index in [9.17, 15) is 9.90 Å². The number of hydrogen-bond donors (Lipinski definition) is 2. The normalized spacial score (nSPS) is 12.5. The molecule has 0 aromatic heterocycles. The molecule has 27 heavy (non-hydrogen) atoms. The third kappa shape index (κ3) is 18.6. The maximum absolute atomic E-state index is 12.0. The van der Waals surface area contributed by atoms with Crippen LogP contribution in [-0.4, -0.2) is 23.7 Å². The molecule has 0 bridgehead atoms. The van der Waals surface area contributed by atoms with E-state index in [1.807, 2.05) is 0 Å². The van der Waals surface area contributed by atoms with Crippen LogP contribution in [0, 0.1) is 5.92 Å². The zero-order valence-corrected chi connectivity index (χ0v) is 18.7. The first-order chi connectivity index (χ1) is 13.1. The molecule has 0 aromatic rings. The Balaban J connectivity index is 3.63. The number of nitrogens with one attached hydrogen (secondary N) is 1. The van der Waals surface area contributed by atoms with E-state index < -0.39 is 0 Å². The zero-order valence-electron chi connectivity index (χ0n) is 18.7. The molecule has 0 aliphatic rings. The van der Waals surface area contributed by atoms with Crippen LogP contribution in [0.5, 0.6) is 0 Å². The first-order valence-electron chi connectivity index (χ1n) is 12.1. The molecule has 1 unspecified atom stereocenters. The number of amides is 1. The van der Waals surface area contributed by atoms with Crippen molar-refractivity contribution in [1.29, 1.82) is 0 Å². The van der Waals surface area contributed by atoms with Crippen LogP contribution in [0.4, 0.5) is 0 Å². The number of aliphatic hydroxyl groups is 1. The quantitative estimate of drug-likeness (QED) is 0.228. The second-order valence-corrected chi connectivity index (χ2v) is 8.39. The third-order valence-electron chi connectivity index (χ3n) is 5.63. The fraction of sp³-hybridized carbons (Fsp3) is 0.958. The van der Waals surface area contributed by atoms with Gasteiger partial charge in [0.05, 0.1) is 6.10 Å². The van der Waals surface area contributed by atoms with E-state index in [1.165, 1.54) is 70.6 Å². The van der Waals surface area contributed by atoms with Gasteiger partial charge in [-0.25, -0.2) is 0 Å². The molecular formula is C24H49NO2. The lowest BCUT2D eigenvalue weighted by Crippen LogP contribution is -2.24. The molecule has 0 aliphatic carbocycles. The van der Waals surface area contributed by atoms with Crippen molar-refractivity contribution in [3.63, 3.8) is 0 Å². The molecule has 0 fully saturated rings. The number of unbranched alkanes of at least 4 members (excludes halogenated alkanes) is 6. The Labute approximate surface area is 170 Å². The third-order valence-corrected chi connectivity index (χ3v) is 5.63. The van der Waals surface area contributed by atoms with Crippen molar-refractivity contribution in [2.75, 3.05) is 6.54 Å². The van der Waals surface area contributed by atoms with Crippen LogP contribution >= 0.6 is 0 Å². The Kier molecular flexibility index (Phi) is 19.7. The summed E-state index contributed by atoms with van der Waals surface area (Å²) in [6, 6.07) is 0. The molecular weight excluding hydrogens is 334 g/mol. The van der Waals surface area contributed by atoms with Gasteiger partial charge >= 0.3 is 0 Å². The Hall–Kier alpha value is -0.570. The lowest BCUT2D eigenvalue weighted by Gasteiger charge is -2.16. The van der Waals surface area contributed by atoms with Crippen molar-refractivity contribution >= 4 is 5.91 Å². The summed E-state index contributed by atoms with van der Waals surface area (Å²) in [4.78, 5) is 12.0. The molecule has 162 valence electrons. The summed E-state index contributed by atoms with van der Waals surface area (Å²) in [7, 11) is 0. The second-order valence-electron chi connectivity index (χ2n) is 8.39. The molecule has 3 heteroatoms. The van der Waals surface area contributed by atoms with Crippen molar-refractivity contribution in [3.05, 3.63) is 0 Å². The summed E-state index contributed by atoms with van der Waals surface area (Å²) in [6.45, 7) is 7.56. The highest BCUT2D eigenvalue weighted by Crippen LogP contribution is 2.21. The zero-order chi connectivity index (χ0) is 20.2. The van der Waals surface area contributed by atoms with Crippen LogP contribution in [0.1, 0.15) is 130 Å². The van der Waals surface area contributed by atoms with Gasteiger partial charge in [-0.05, 0) is 38.0 Å². The van der Waals surface area contributed by atoms with Gasteiger partial charge in [-0.1, -0.05) is 91.4 Å². The predicted molar refractivity (Wildman–Crippen MR) is 118 cm³/mol. The Morgan fingerprint density at radius 3 is 1.89 bits per heavy atom. The smallest absolute Gasteiger partial charge is 0.219 e. The van der Waals surface area contributed by atoms with E-state index >= 15 is 0 Å². The minimum Gasteiger partial charge on any atom is -0.393 e. The first-order valence-corrected chi connectivity index (χ1v) is 12.1. The van der Waals surface area contributed by atoms with E-state index in [4.69, 9.17) is 0 Å². The fourth-order valence-corrected chi connectivity index (χ4v) is 3.75. The molecule has 0 rings (SSSR count). The number of hydrogen-bond acceptors (Lipinski definition) is 2. The van der Waals surface area contributed by atoms with Crippen molar-refractivity contribution in [2.45, 2.75) is 136 Å². The van der Waals surface area contributed by atoms with Gasteiger partial charge in [0.2, 0.25) is 5.91 Å². The van der Waals surface area contributed by atoms with Gasteiger partial charge in [0, 0.05) is 13.0 Å². The van der Waals surface area contributed by atoms with Crippen LogP contribution in [0.2, 0.25) is 0 Å². The highest BCUT2D eigenvalue weighted by molar-refractivity contribution is 5.75.